The molecule has 1 aromatic heterocycles. The summed E-state index contributed by atoms with van der Waals surface area (Å²) in [6, 6.07) is 7.78. The molecule has 2 N–H and O–H groups in total. The second-order valence-corrected chi connectivity index (χ2v) is 5.09. The van der Waals surface area contributed by atoms with Gasteiger partial charge in [0.15, 0.2) is 0 Å². The van der Waals surface area contributed by atoms with Crippen LogP contribution in [0.1, 0.15) is 34.2 Å². The molecule has 0 saturated heterocycles. The lowest BCUT2D eigenvalue weighted by atomic mass is 10.1. The largest absolute Gasteiger partial charge is 0.326 e. The highest BCUT2D eigenvalue weighted by Crippen LogP contribution is 2.21. The first-order valence-electron chi connectivity index (χ1n) is 7.10. The maximum absolute atomic E-state index is 12.8. The van der Waals surface area contributed by atoms with Crippen molar-refractivity contribution in [2.24, 2.45) is 12.8 Å². The van der Waals surface area contributed by atoms with E-state index >= 15 is 0 Å². The minimum Gasteiger partial charge on any atom is -0.326 e. The van der Waals surface area contributed by atoms with Crippen molar-refractivity contribution >= 4 is 11.6 Å². The molecule has 0 aliphatic heterocycles. The first-order valence-corrected chi connectivity index (χ1v) is 7.10. The fourth-order valence-corrected chi connectivity index (χ4v) is 2.47. The highest BCUT2D eigenvalue weighted by molar-refractivity contribution is 6.07. The topological polar surface area (TPSA) is 64.2 Å². The van der Waals surface area contributed by atoms with Crippen molar-refractivity contribution in [2.45, 2.75) is 27.3 Å². The van der Waals surface area contributed by atoms with E-state index in [1.165, 1.54) is 0 Å². The number of rotatable bonds is 4. The monoisotopic (exact) mass is 286 g/mol. The van der Waals surface area contributed by atoms with E-state index in [-0.39, 0.29) is 5.91 Å². The summed E-state index contributed by atoms with van der Waals surface area (Å²) in [5, 5.41) is 4.32. The third-order valence-corrected chi connectivity index (χ3v) is 3.77. The van der Waals surface area contributed by atoms with Crippen LogP contribution in [0.2, 0.25) is 0 Å². The molecule has 5 heteroatoms. The second kappa shape index (κ2) is 6.10. The molecule has 0 fully saturated rings. The van der Waals surface area contributed by atoms with Gasteiger partial charge in [-0.25, -0.2) is 0 Å². The van der Waals surface area contributed by atoms with Gasteiger partial charge in [0.05, 0.1) is 11.3 Å². The molecule has 2 rings (SSSR count). The van der Waals surface area contributed by atoms with Crippen LogP contribution in [0.3, 0.4) is 0 Å². The summed E-state index contributed by atoms with van der Waals surface area (Å²) in [4.78, 5) is 14.6. The zero-order valence-electron chi connectivity index (χ0n) is 13.1. The second-order valence-electron chi connectivity index (χ2n) is 5.09. The molecule has 1 aromatic carbocycles. The van der Waals surface area contributed by atoms with Gasteiger partial charge in [-0.05, 0) is 38.5 Å². The van der Waals surface area contributed by atoms with Crippen molar-refractivity contribution in [3.8, 4) is 0 Å². The summed E-state index contributed by atoms with van der Waals surface area (Å²) in [7, 11) is 1.85. The molecule has 0 atom stereocenters. The standard InChI is InChI=1S/C16H22N4O/c1-5-20(14-8-6-13(10-17)7-9-14)16(21)15-11(2)18-19(4)12(15)3/h6-9H,5,10,17H2,1-4H3. The van der Waals surface area contributed by atoms with Crippen LogP contribution in [-0.2, 0) is 13.6 Å². The summed E-state index contributed by atoms with van der Waals surface area (Å²) < 4.78 is 1.74. The van der Waals surface area contributed by atoms with Gasteiger partial charge in [0, 0.05) is 31.5 Å². The molecule has 112 valence electrons. The molecule has 2 aromatic rings. The van der Waals surface area contributed by atoms with Crippen LogP contribution < -0.4 is 10.6 Å². The average molecular weight is 286 g/mol. The van der Waals surface area contributed by atoms with E-state index in [4.69, 9.17) is 5.73 Å². The van der Waals surface area contributed by atoms with Crippen LogP contribution in [-0.4, -0.2) is 22.2 Å². The third-order valence-electron chi connectivity index (χ3n) is 3.77. The summed E-state index contributed by atoms with van der Waals surface area (Å²) in [6.45, 7) is 6.86. The quantitative estimate of drug-likeness (QED) is 0.936. The average Bonchev–Trinajstić information content (AvgIpc) is 2.73. The first-order chi connectivity index (χ1) is 9.99. The van der Waals surface area contributed by atoms with E-state index in [0.717, 1.165) is 22.6 Å². The molecule has 0 spiro atoms. The van der Waals surface area contributed by atoms with Crippen LogP contribution in [0.15, 0.2) is 24.3 Å². The Labute approximate surface area is 125 Å². The molecule has 0 radical (unpaired) electrons. The predicted octanol–water partition coefficient (Wildman–Crippen LogP) is 2.16. The van der Waals surface area contributed by atoms with Gasteiger partial charge in [-0.15, -0.1) is 0 Å². The Morgan fingerprint density at radius 1 is 1.29 bits per heavy atom. The highest BCUT2D eigenvalue weighted by atomic mass is 16.2. The lowest BCUT2D eigenvalue weighted by molar-refractivity contribution is 0.0987. The Hall–Kier alpha value is -2.14. The van der Waals surface area contributed by atoms with E-state index in [0.29, 0.717) is 18.7 Å². The lowest BCUT2D eigenvalue weighted by Crippen LogP contribution is -2.31. The van der Waals surface area contributed by atoms with Crippen LogP contribution in [0, 0.1) is 13.8 Å². The van der Waals surface area contributed by atoms with Crippen molar-refractivity contribution < 1.29 is 4.79 Å². The number of nitrogens with zero attached hydrogens (tertiary/aromatic N) is 3. The van der Waals surface area contributed by atoms with Gasteiger partial charge in [-0.3, -0.25) is 9.48 Å². The van der Waals surface area contributed by atoms with Gasteiger partial charge in [0.2, 0.25) is 0 Å². The van der Waals surface area contributed by atoms with E-state index < -0.39 is 0 Å². The van der Waals surface area contributed by atoms with Crippen LogP contribution in [0.25, 0.3) is 0 Å². The summed E-state index contributed by atoms with van der Waals surface area (Å²) in [5.41, 5.74) is 9.87. The molecule has 1 amide bonds. The van der Waals surface area contributed by atoms with Crippen LogP contribution in [0.4, 0.5) is 5.69 Å². The normalized spacial score (nSPS) is 10.7. The van der Waals surface area contributed by atoms with Crippen LogP contribution in [0.5, 0.6) is 0 Å². The van der Waals surface area contributed by atoms with Gasteiger partial charge in [0.25, 0.3) is 5.91 Å². The van der Waals surface area contributed by atoms with Crippen LogP contribution >= 0.6 is 0 Å². The number of aromatic nitrogens is 2. The van der Waals surface area contributed by atoms with Gasteiger partial charge in [-0.2, -0.15) is 5.10 Å². The number of hydrogen-bond donors (Lipinski definition) is 1. The maximum atomic E-state index is 12.8. The molecule has 0 saturated carbocycles. The molecule has 0 aliphatic rings. The highest BCUT2D eigenvalue weighted by Gasteiger charge is 2.23. The number of anilines is 1. The van der Waals surface area contributed by atoms with Gasteiger partial charge < -0.3 is 10.6 Å². The van der Waals surface area contributed by atoms with E-state index in [9.17, 15) is 4.79 Å². The van der Waals surface area contributed by atoms with E-state index in [1.807, 2.05) is 52.1 Å². The Morgan fingerprint density at radius 3 is 2.33 bits per heavy atom. The number of aryl methyl sites for hydroxylation is 2. The fraction of sp³-hybridized carbons (Fsp3) is 0.375. The SMILES string of the molecule is CCN(C(=O)c1c(C)nn(C)c1C)c1ccc(CN)cc1. The van der Waals surface area contributed by atoms with Crippen molar-refractivity contribution in [3.63, 3.8) is 0 Å². The zero-order valence-corrected chi connectivity index (χ0v) is 13.1. The molecule has 0 unspecified atom stereocenters. The first kappa shape index (κ1) is 15.3. The molecular weight excluding hydrogens is 264 g/mol. The Balaban J connectivity index is 2.38. The predicted molar refractivity (Wildman–Crippen MR) is 84.4 cm³/mol. The number of nitrogens with two attached hydrogens (primary N) is 1. The lowest BCUT2D eigenvalue weighted by Gasteiger charge is -2.21. The van der Waals surface area contributed by atoms with Crippen molar-refractivity contribution in [1.82, 2.24) is 9.78 Å². The van der Waals surface area contributed by atoms with Gasteiger partial charge >= 0.3 is 0 Å². The fourth-order valence-electron chi connectivity index (χ4n) is 2.47. The third kappa shape index (κ3) is 2.83. The molecule has 0 aliphatic carbocycles. The van der Waals surface area contributed by atoms with Gasteiger partial charge in [0.1, 0.15) is 0 Å². The number of carbonyl (C=O) groups excluding carboxylic acids is 1. The maximum Gasteiger partial charge on any atom is 0.262 e. The molecule has 21 heavy (non-hydrogen) atoms. The number of hydrogen-bond acceptors (Lipinski definition) is 3. The Bertz CT molecular complexity index is 643. The van der Waals surface area contributed by atoms with E-state index in [1.54, 1.807) is 9.58 Å². The van der Waals surface area contributed by atoms with Crippen molar-refractivity contribution in [1.29, 1.82) is 0 Å². The summed E-state index contributed by atoms with van der Waals surface area (Å²) in [5.74, 6) is -0.0129. The summed E-state index contributed by atoms with van der Waals surface area (Å²) >= 11 is 0. The summed E-state index contributed by atoms with van der Waals surface area (Å²) in [6.07, 6.45) is 0. The molecule has 1 heterocycles. The number of benzene rings is 1. The minimum absolute atomic E-state index is 0.0129. The zero-order chi connectivity index (χ0) is 15.6. The van der Waals surface area contributed by atoms with E-state index in [2.05, 4.69) is 5.10 Å². The van der Waals surface area contributed by atoms with Gasteiger partial charge in [-0.1, -0.05) is 12.1 Å². The number of amides is 1. The van der Waals surface area contributed by atoms with Crippen molar-refractivity contribution in [2.75, 3.05) is 11.4 Å². The Morgan fingerprint density at radius 2 is 1.90 bits per heavy atom. The van der Waals surface area contributed by atoms with Crippen molar-refractivity contribution in [3.05, 3.63) is 46.8 Å². The molecule has 0 bridgehead atoms. The smallest absolute Gasteiger partial charge is 0.262 e. The number of carbonyl (C=O) groups is 1. The molecular formula is C16H22N4O. The Kier molecular flexibility index (Phi) is 4.43. The molecule has 5 nitrogen and oxygen atoms in total. The minimum atomic E-state index is -0.0129.